The van der Waals surface area contributed by atoms with Crippen molar-refractivity contribution in [2.24, 2.45) is 5.92 Å². The van der Waals surface area contributed by atoms with Gasteiger partial charge >= 0.3 is 5.97 Å². The molecular formula is C10H16O3S. The quantitative estimate of drug-likeness (QED) is 0.496. The number of hydrogen-bond donors (Lipinski definition) is 0. The average molecular weight is 216 g/mol. The highest BCUT2D eigenvalue weighted by atomic mass is 32.2. The zero-order valence-electron chi connectivity index (χ0n) is 8.83. The van der Waals surface area contributed by atoms with Gasteiger partial charge < -0.3 is 4.74 Å². The molecule has 3 nitrogen and oxygen atoms in total. The number of thioether (sulfide) groups is 1. The smallest absolute Gasteiger partial charge is 0.317 e. The fraction of sp³-hybridized carbons (Fsp3) is 0.800. The fourth-order valence-electron chi connectivity index (χ4n) is 1.27. The van der Waals surface area contributed by atoms with Crippen LogP contribution in [0.15, 0.2) is 0 Å². The van der Waals surface area contributed by atoms with E-state index >= 15 is 0 Å². The predicted molar refractivity (Wildman–Crippen MR) is 56.0 cm³/mol. The summed E-state index contributed by atoms with van der Waals surface area (Å²) in [4.78, 5) is 23.0. The summed E-state index contributed by atoms with van der Waals surface area (Å²) in [5, 5.41) is -0.0366. The molecule has 1 heterocycles. The topological polar surface area (TPSA) is 43.4 Å². The first kappa shape index (κ1) is 11.6. The van der Waals surface area contributed by atoms with E-state index in [9.17, 15) is 9.59 Å². The molecule has 1 rings (SSSR count). The summed E-state index contributed by atoms with van der Waals surface area (Å²) in [6.07, 6.45) is 1.56. The molecule has 1 fully saturated rings. The summed E-state index contributed by atoms with van der Waals surface area (Å²) < 4.78 is 5.17. The van der Waals surface area contributed by atoms with Crippen molar-refractivity contribution in [2.45, 2.75) is 39.2 Å². The minimum atomic E-state index is -0.534. The summed E-state index contributed by atoms with van der Waals surface area (Å²) in [7, 11) is 0. The summed E-state index contributed by atoms with van der Waals surface area (Å²) in [6, 6.07) is 0. The summed E-state index contributed by atoms with van der Waals surface area (Å²) >= 11 is 1.24. The first-order chi connectivity index (χ1) is 6.40. The zero-order chi connectivity index (χ0) is 10.8. The van der Waals surface area contributed by atoms with E-state index in [1.807, 2.05) is 20.8 Å². The maximum absolute atomic E-state index is 11.6. The first-order valence-electron chi connectivity index (χ1n) is 4.79. The zero-order valence-corrected chi connectivity index (χ0v) is 9.65. The standard InChI is InChI=1S/C10H16O3S/c1-10(2,3)13-8(11)7-5-4-6-14-9(7)12/h7H,4-6H2,1-3H3. The van der Waals surface area contributed by atoms with Gasteiger partial charge in [-0.1, -0.05) is 11.8 Å². The third kappa shape index (κ3) is 3.33. The maximum atomic E-state index is 11.6. The second-order valence-electron chi connectivity index (χ2n) is 4.40. The molecular weight excluding hydrogens is 200 g/mol. The van der Waals surface area contributed by atoms with E-state index in [4.69, 9.17) is 4.74 Å². The van der Waals surface area contributed by atoms with Gasteiger partial charge in [0.05, 0.1) is 0 Å². The molecule has 80 valence electrons. The largest absolute Gasteiger partial charge is 0.459 e. The third-order valence-electron chi connectivity index (χ3n) is 1.86. The van der Waals surface area contributed by atoms with Crippen LogP contribution in [0.4, 0.5) is 0 Å². The van der Waals surface area contributed by atoms with Crippen LogP contribution in [0.2, 0.25) is 0 Å². The van der Waals surface area contributed by atoms with Crippen LogP contribution >= 0.6 is 11.8 Å². The Morgan fingerprint density at radius 3 is 2.64 bits per heavy atom. The van der Waals surface area contributed by atoms with Gasteiger partial charge in [-0.25, -0.2) is 0 Å². The van der Waals surface area contributed by atoms with Gasteiger partial charge in [0, 0.05) is 5.75 Å². The third-order valence-corrected chi connectivity index (χ3v) is 2.92. The molecule has 0 radical (unpaired) electrons. The van der Waals surface area contributed by atoms with E-state index in [0.717, 1.165) is 12.2 Å². The molecule has 0 aromatic carbocycles. The second-order valence-corrected chi connectivity index (χ2v) is 5.50. The molecule has 0 aliphatic carbocycles. The van der Waals surface area contributed by atoms with Crippen molar-refractivity contribution in [3.8, 4) is 0 Å². The number of rotatable bonds is 1. The Morgan fingerprint density at radius 2 is 2.14 bits per heavy atom. The van der Waals surface area contributed by atoms with Crippen molar-refractivity contribution in [1.29, 1.82) is 0 Å². The lowest BCUT2D eigenvalue weighted by Gasteiger charge is -2.24. The minimum absolute atomic E-state index is 0.0366. The van der Waals surface area contributed by atoms with E-state index in [0.29, 0.717) is 6.42 Å². The Hall–Kier alpha value is -0.510. The van der Waals surface area contributed by atoms with Crippen molar-refractivity contribution in [3.05, 3.63) is 0 Å². The van der Waals surface area contributed by atoms with Gasteiger partial charge in [-0.15, -0.1) is 0 Å². The van der Waals surface area contributed by atoms with Crippen molar-refractivity contribution in [2.75, 3.05) is 5.75 Å². The lowest BCUT2D eigenvalue weighted by atomic mass is 10.0. The molecule has 0 N–H and O–H groups in total. The van der Waals surface area contributed by atoms with Crippen LogP contribution in [0, 0.1) is 5.92 Å². The van der Waals surface area contributed by atoms with Crippen LogP contribution in [-0.4, -0.2) is 22.4 Å². The average Bonchev–Trinajstić information content (AvgIpc) is 2.01. The highest BCUT2D eigenvalue weighted by Gasteiger charge is 2.33. The van der Waals surface area contributed by atoms with E-state index < -0.39 is 11.5 Å². The Bertz CT molecular complexity index is 242. The lowest BCUT2D eigenvalue weighted by molar-refractivity contribution is -0.161. The van der Waals surface area contributed by atoms with Crippen LogP contribution in [0.5, 0.6) is 0 Å². The Kier molecular flexibility index (Phi) is 3.59. The molecule has 14 heavy (non-hydrogen) atoms. The molecule has 0 amide bonds. The van der Waals surface area contributed by atoms with Crippen molar-refractivity contribution in [3.63, 3.8) is 0 Å². The van der Waals surface area contributed by atoms with Crippen molar-refractivity contribution in [1.82, 2.24) is 0 Å². The van der Waals surface area contributed by atoms with Crippen LogP contribution in [0.25, 0.3) is 0 Å². The van der Waals surface area contributed by atoms with Gasteiger partial charge in [0.15, 0.2) is 0 Å². The van der Waals surface area contributed by atoms with E-state index in [2.05, 4.69) is 0 Å². The Balaban J connectivity index is 2.55. The summed E-state index contributed by atoms with van der Waals surface area (Å²) in [5.41, 5.74) is -0.501. The first-order valence-corrected chi connectivity index (χ1v) is 5.78. The fourth-order valence-corrected chi connectivity index (χ4v) is 2.19. The molecule has 1 aliphatic heterocycles. The summed E-state index contributed by atoms with van der Waals surface area (Å²) in [5.74, 6) is -0.0688. The van der Waals surface area contributed by atoms with Gasteiger partial charge in [0.1, 0.15) is 11.5 Å². The van der Waals surface area contributed by atoms with Crippen LogP contribution < -0.4 is 0 Å². The minimum Gasteiger partial charge on any atom is -0.459 e. The van der Waals surface area contributed by atoms with Crippen LogP contribution in [0.3, 0.4) is 0 Å². The number of hydrogen-bond acceptors (Lipinski definition) is 4. The SMILES string of the molecule is CC(C)(C)OC(=O)C1CCCSC1=O. The molecule has 1 saturated heterocycles. The van der Waals surface area contributed by atoms with Crippen molar-refractivity contribution < 1.29 is 14.3 Å². The van der Waals surface area contributed by atoms with Gasteiger partial charge in [0.2, 0.25) is 5.12 Å². The number of carbonyl (C=O) groups excluding carboxylic acids is 2. The van der Waals surface area contributed by atoms with E-state index in [1.165, 1.54) is 11.8 Å². The monoisotopic (exact) mass is 216 g/mol. The molecule has 0 saturated carbocycles. The molecule has 1 unspecified atom stereocenters. The highest BCUT2D eigenvalue weighted by molar-refractivity contribution is 8.13. The molecule has 0 spiro atoms. The van der Waals surface area contributed by atoms with Crippen LogP contribution in [0.1, 0.15) is 33.6 Å². The molecule has 0 aromatic rings. The Morgan fingerprint density at radius 1 is 1.50 bits per heavy atom. The van der Waals surface area contributed by atoms with Gasteiger partial charge in [-0.05, 0) is 33.6 Å². The normalized spacial score (nSPS) is 23.4. The summed E-state index contributed by atoms with van der Waals surface area (Å²) in [6.45, 7) is 5.43. The van der Waals surface area contributed by atoms with Gasteiger partial charge in [-0.3, -0.25) is 9.59 Å². The van der Waals surface area contributed by atoms with Crippen molar-refractivity contribution >= 4 is 22.8 Å². The number of carbonyl (C=O) groups is 2. The molecule has 0 bridgehead atoms. The maximum Gasteiger partial charge on any atom is 0.317 e. The number of esters is 1. The van der Waals surface area contributed by atoms with E-state index in [1.54, 1.807) is 0 Å². The van der Waals surface area contributed by atoms with Gasteiger partial charge in [-0.2, -0.15) is 0 Å². The second kappa shape index (κ2) is 4.34. The molecule has 4 heteroatoms. The number of ether oxygens (including phenoxy) is 1. The molecule has 1 atom stereocenters. The predicted octanol–water partition coefficient (Wildman–Crippen LogP) is 2.00. The van der Waals surface area contributed by atoms with Crippen LogP contribution in [-0.2, 0) is 14.3 Å². The lowest BCUT2D eigenvalue weighted by Crippen LogP contribution is -2.33. The van der Waals surface area contributed by atoms with Gasteiger partial charge in [0.25, 0.3) is 0 Å². The Labute approximate surface area is 88.6 Å². The molecule has 0 aromatic heterocycles. The van der Waals surface area contributed by atoms with E-state index in [-0.39, 0.29) is 11.1 Å². The molecule has 1 aliphatic rings. The highest BCUT2D eigenvalue weighted by Crippen LogP contribution is 2.26.